The third-order valence-electron chi connectivity index (χ3n) is 7.83. The fourth-order valence-corrected chi connectivity index (χ4v) is 6.10. The van der Waals surface area contributed by atoms with E-state index < -0.39 is 33.3 Å². The minimum Gasteiger partial charge on any atom is -0.455 e. The van der Waals surface area contributed by atoms with Crippen molar-refractivity contribution in [3.63, 3.8) is 0 Å². The number of hydrogen-bond donors (Lipinski definition) is 2. The van der Waals surface area contributed by atoms with Gasteiger partial charge in [-0.1, -0.05) is 0 Å². The number of halogens is 2. The molecule has 0 saturated carbocycles. The number of benzene rings is 3. The van der Waals surface area contributed by atoms with E-state index >= 15 is 0 Å². The lowest BCUT2D eigenvalue weighted by molar-refractivity contribution is 0.0964. The number of carbonyl (C=O) groups is 1. The zero-order chi connectivity index (χ0) is 31.8. The number of hydrogen-bond acceptors (Lipinski definition) is 6. The van der Waals surface area contributed by atoms with Crippen LogP contribution in [0, 0.1) is 11.6 Å². The number of aromatic amines is 1. The van der Waals surface area contributed by atoms with Crippen molar-refractivity contribution >= 4 is 60.0 Å². The van der Waals surface area contributed by atoms with Gasteiger partial charge in [0.05, 0.1) is 39.8 Å². The molecule has 0 aliphatic carbocycles. The first-order valence-corrected chi connectivity index (χ1v) is 15.5. The van der Waals surface area contributed by atoms with E-state index in [9.17, 15) is 26.8 Å². The van der Waals surface area contributed by atoms with E-state index in [1.165, 1.54) is 67.0 Å². The number of carbonyl (C=O) groups excluding carboxylic acids is 1. The molecule has 0 radical (unpaired) electrons. The number of pyridine rings is 1. The van der Waals surface area contributed by atoms with Crippen LogP contribution in [0.5, 0.6) is 0 Å². The van der Waals surface area contributed by atoms with Gasteiger partial charge >= 0.3 is 5.69 Å². The molecule has 45 heavy (non-hydrogen) atoms. The van der Waals surface area contributed by atoms with Crippen LogP contribution >= 0.6 is 0 Å². The number of fused-ring (bicyclic) bond motifs is 6. The fraction of sp³-hybridized carbons (Fsp3) is 0.0938. The van der Waals surface area contributed by atoms with Crippen molar-refractivity contribution < 1.29 is 26.4 Å². The molecular weight excluding hydrogens is 604 g/mol. The van der Waals surface area contributed by atoms with Gasteiger partial charge in [-0.2, -0.15) is 0 Å². The van der Waals surface area contributed by atoms with Crippen molar-refractivity contribution in [3.8, 4) is 22.6 Å². The smallest absolute Gasteiger partial charge is 0.331 e. The molecule has 7 aromatic rings. The molecule has 2 N–H and O–H groups in total. The molecule has 10 nitrogen and oxygen atoms in total. The highest BCUT2D eigenvalue weighted by Crippen LogP contribution is 2.41. The zero-order valence-electron chi connectivity index (χ0n) is 24.0. The predicted octanol–water partition coefficient (Wildman–Crippen LogP) is 5.44. The van der Waals surface area contributed by atoms with Crippen LogP contribution in [-0.4, -0.2) is 49.0 Å². The van der Waals surface area contributed by atoms with Gasteiger partial charge in [0.15, 0.2) is 0 Å². The number of amides is 1. The third kappa shape index (κ3) is 4.51. The van der Waals surface area contributed by atoms with Crippen LogP contribution in [-0.2, 0) is 10.0 Å². The van der Waals surface area contributed by atoms with Gasteiger partial charge in [-0.15, -0.1) is 0 Å². The number of nitrogens with zero attached hydrogens (tertiary/aromatic N) is 3. The molecule has 4 aromatic heterocycles. The Morgan fingerprint density at radius 1 is 0.978 bits per heavy atom. The largest absolute Gasteiger partial charge is 0.455 e. The highest BCUT2D eigenvalue weighted by atomic mass is 32.2. The molecule has 0 bridgehead atoms. The molecule has 0 unspecified atom stereocenters. The van der Waals surface area contributed by atoms with Gasteiger partial charge in [0, 0.05) is 42.1 Å². The SMILES string of the molecule is CNC(=O)c1c(-c2ccc(F)cc2)oc2cc(N(C)S(C)(=O)=O)c(-c3ccc4[nH]c(=O)n5c6ccc(F)cc6cc5c4n3)cc12. The Morgan fingerprint density at radius 3 is 2.42 bits per heavy atom. The lowest BCUT2D eigenvalue weighted by Crippen LogP contribution is -2.25. The molecule has 0 aliphatic heterocycles. The van der Waals surface area contributed by atoms with Gasteiger partial charge in [0.2, 0.25) is 10.0 Å². The minimum atomic E-state index is -3.78. The number of H-pyrrole nitrogens is 1. The Kier molecular flexibility index (Phi) is 6.27. The summed E-state index contributed by atoms with van der Waals surface area (Å²) in [6.45, 7) is 0. The molecule has 0 atom stereocenters. The lowest BCUT2D eigenvalue weighted by Gasteiger charge is -2.20. The Balaban J connectivity index is 1.55. The standard InChI is InChI=1S/C32H23F2N5O5S/c1-35-31(40)28-21-14-20(25(38(2)45(3,42)43)15-27(21)44-30(28)16-4-6-18(33)7-5-16)22-9-10-23-29(36-22)26-13-17-12-19(34)8-11-24(17)39(26)32(41)37-23/h4-15H,1-3H3,(H,35,40)(H,37,41). The summed E-state index contributed by atoms with van der Waals surface area (Å²) in [7, 11) is -0.936. The molecule has 0 spiro atoms. The summed E-state index contributed by atoms with van der Waals surface area (Å²) >= 11 is 0. The van der Waals surface area contributed by atoms with E-state index in [-0.39, 0.29) is 22.6 Å². The van der Waals surface area contributed by atoms with Crippen LogP contribution in [0.1, 0.15) is 10.4 Å². The quantitative estimate of drug-likeness (QED) is 0.261. The van der Waals surface area contributed by atoms with E-state index in [4.69, 9.17) is 9.40 Å². The number of furan rings is 1. The van der Waals surface area contributed by atoms with Gasteiger partial charge < -0.3 is 14.7 Å². The van der Waals surface area contributed by atoms with E-state index in [2.05, 4.69) is 10.3 Å². The first-order valence-electron chi connectivity index (χ1n) is 13.6. The topological polar surface area (TPSA) is 130 Å². The molecule has 226 valence electrons. The summed E-state index contributed by atoms with van der Waals surface area (Å²) in [6, 6.07) is 17.6. The first-order chi connectivity index (χ1) is 21.4. The molecule has 0 fully saturated rings. The second-order valence-electron chi connectivity index (χ2n) is 10.6. The van der Waals surface area contributed by atoms with Crippen molar-refractivity contribution in [1.29, 1.82) is 0 Å². The van der Waals surface area contributed by atoms with Gasteiger partial charge in [-0.3, -0.25) is 13.5 Å². The zero-order valence-corrected chi connectivity index (χ0v) is 24.8. The van der Waals surface area contributed by atoms with Crippen molar-refractivity contribution in [2.75, 3.05) is 24.7 Å². The fourth-order valence-electron chi connectivity index (χ4n) is 5.59. The highest BCUT2D eigenvalue weighted by Gasteiger charge is 2.26. The van der Waals surface area contributed by atoms with Gasteiger partial charge in [0.1, 0.15) is 28.5 Å². The number of sulfonamides is 1. The van der Waals surface area contributed by atoms with Gasteiger partial charge in [0.25, 0.3) is 5.91 Å². The average molecular weight is 628 g/mol. The Labute approximate surface area is 253 Å². The Bertz CT molecular complexity index is 2540. The number of aromatic nitrogens is 3. The molecule has 4 heterocycles. The molecule has 0 saturated heterocycles. The molecule has 13 heteroatoms. The summed E-state index contributed by atoms with van der Waals surface area (Å²) < 4.78 is 61.9. The summed E-state index contributed by atoms with van der Waals surface area (Å²) in [6.07, 6.45) is 1.05. The van der Waals surface area contributed by atoms with Crippen LogP contribution in [0.15, 0.2) is 82.0 Å². The monoisotopic (exact) mass is 627 g/mol. The maximum Gasteiger partial charge on any atom is 0.331 e. The van der Waals surface area contributed by atoms with E-state index in [0.29, 0.717) is 49.7 Å². The van der Waals surface area contributed by atoms with Crippen LogP contribution in [0.25, 0.3) is 61.0 Å². The molecule has 3 aromatic carbocycles. The summed E-state index contributed by atoms with van der Waals surface area (Å²) in [5, 5.41) is 3.48. The van der Waals surface area contributed by atoms with E-state index in [0.717, 1.165) is 10.6 Å². The summed E-state index contributed by atoms with van der Waals surface area (Å²) in [4.78, 5) is 33.9. The van der Waals surface area contributed by atoms with Crippen LogP contribution in [0.4, 0.5) is 14.5 Å². The van der Waals surface area contributed by atoms with Crippen molar-refractivity contribution in [1.82, 2.24) is 19.7 Å². The minimum absolute atomic E-state index is 0.168. The van der Waals surface area contributed by atoms with Gasteiger partial charge in [-0.25, -0.2) is 27.0 Å². The van der Waals surface area contributed by atoms with E-state index in [1.807, 2.05) is 0 Å². The van der Waals surface area contributed by atoms with Gasteiger partial charge in [-0.05, 0) is 66.7 Å². The summed E-state index contributed by atoms with van der Waals surface area (Å²) in [5.74, 6) is -1.22. The number of nitrogens with one attached hydrogen (secondary N) is 2. The van der Waals surface area contributed by atoms with E-state index in [1.54, 1.807) is 24.3 Å². The first kappa shape index (κ1) is 28.2. The maximum atomic E-state index is 14.0. The third-order valence-corrected chi connectivity index (χ3v) is 9.02. The lowest BCUT2D eigenvalue weighted by atomic mass is 10.0. The van der Waals surface area contributed by atoms with Crippen LogP contribution in [0.2, 0.25) is 0 Å². The highest BCUT2D eigenvalue weighted by molar-refractivity contribution is 7.92. The van der Waals surface area contributed by atoms with Crippen molar-refractivity contribution in [2.45, 2.75) is 0 Å². The molecule has 0 aliphatic rings. The Morgan fingerprint density at radius 2 is 1.71 bits per heavy atom. The Hall–Kier alpha value is -5.56. The summed E-state index contributed by atoms with van der Waals surface area (Å²) in [5.41, 5.74) is 2.97. The molecule has 1 amide bonds. The maximum absolute atomic E-state index is 14.0. The number of anilines is 1. The second-order valence-corrected chi connectivity index (χ2v) is 12.6. The predicted molar refractivity (Wildman–Crippen MR) is 168 cm³/mol. The van der Waals surface area contributed by atoms with Crippen molar-refractivity contribution in [3.05, 3.63) is 100 Å². The van der Waals surface area contributed by atoms with Crippen LogP contribution in [0.3, 0.4) is 0 Å². The van der Waals surface area contributed by atoms with Crippen molar-refractivity contribution in [2.24, 2.45) is 0 Å². The molecule has 7 rings (SSSR count). The van der Waals surface area contributed by atoms with Crippen LogP contribution < -0.4 is 15.3 Å². The number of rotatable bonds is 5. The second kappa shape index (κ2) is 9.99. The molecular formula is C32H23F2N5O5S. The average Bonchev–Trinajstić information content (AvgIpc) is 3.58. The normalized spacial score (nSPS) is 12.0.